The van der Waals surface area contributed by atoms with Crippen molar-refractivity contribution in [3.63, 3.8) is 0 Å². The first kappa shape index (κ1) is 11.0. The largest absolute Gasteiger partial charge is 0.456 e. The molecular formula is C15H6N2O2. The molecule has 4 heteroatoms. The van der Waals surface area contributed by atoms with Gasteiger partial charge in [0.25, 0.3) is 0 Å². The number of fused-ring (bicyclic) bond motifs is 2. The summed E-state index contributed by atoms with van der Waals surface area (Å²) < 4.78 is 5.61. The number of hydrogen-bond acceptors (Lipinski definition) is 4. The molecule has 0 bridgehead atoms. The van der Waals surface area contributed by atoms with Gasteiger partial charge in [-0.05, 0) is 36.4 Å². The van der Waals surface area contributed by atoms with Gasteiger partial charge in [-0.15, -0.1) is 0 Å². The van der Waals surface area contributed by atoms with Crippen LogP contribution in [-0.2, 0) is 0 Å². The van der Waals surface area contributed by atoms with Crippen molar-refractivity contribution in [1.82, 2.24) is 0 Å². The zero-order valence-electron chi connectivity index (χ0n) is 9.68. The second-order valence-corrected chi connectivity index (χ2v) is 4.08. The summed E-state index contributed by atoms with van der Waals surface area (Å²) in [6.07, 6.45) is 0. The fraction of sp³-hybridized carbons (Fsp3) is 0. The maximum atomic E-state index is 12.3. The summed E-state index contributed by atoms with van der Waals surface area (Å²) in [6.45, 7) is 0. The van der Waals surface area contributed by atoms with Gasteiger partial charge >= 0.3 is 0 Å². The fourth-order valence-electron chi connectivity index (χ4n) is 1.99. The zero-order chi connectivity index (χ0) is 13.4. The monoisotopic (exact) mass is 246 g/mol. The van der Waals surface area contributed by atoms with E-state index < -0.39 is 0 Å². The predicted molar refractivity (Wildman–Crippen MR) is 69.4 cm³/mol. The minimum absolute atomic E-state index is 0.162. The maximum Gasteiger partial charge on any atom is 0.200 e. The molecule has 2 aromatic carbocycles. The van der Waals surface area contributed by atoms with E-state index in [4.69, 9.17) is 14.9 Å². The Morgan fingerprint density at radius 2 is 1.32 bits per heavy atom. The van der Waals surface area contributed by atoms with E-state index in [0.717, 1.165) is 0 Å². The van der Waals surface area contributed by atoms with Crippen molar-refractivity contribution in [3.05, 3.63) is 57.7 Å². The Labute approximate surface area is 107 Å². The molecule has 0 radical (unpaired) electrons. The molecule has 0 aliphatic rings. The van der Waals surface area contributed by atoms with Gasteiger partial charge in [0, 0.05) is 0 Å². The minimum atomic E-state index is -0.162. The molecular weight excluding hydrogens is 240 g/mol. The van der Waals surface area contributed by atoms with Crippen LogP contribution < -0.4 is 5.43 Å². The molecule has 4 nitrogen and oxygen atoms in total. The van der Waals surface area contributed by atoms with Gasteiger partial charge in [-0.1, -0.05) is 0 Å². The molecule has 3 aromatic rings. The van der Waals surface area contributed by atoms with E-state index >= 15 is 0 Å². The van der Waals surface area contributed by atoms with Gasteiger partial charge in [-0.3, -0.25) is 4.79 Å². The molecule has 0 atom stereocenters. The lowest BCUT2D eigenvalue weighted by Gasteiger charge is -2.01. The summed E-state index contributed by atoms with van der Waals surface area (Å²) in [5, 5.41) is 18.6. The zero-order valence-corrected chi connectivity index (χ0v) is 9.68. The lowest BCUT2D eigenvalue weighted by atomic mass is 10.1. The molecule has 19 heavy (non-hydrogen) atoms. The Morgan fingerprint density at radius 3 is 1.74 bits per heavy atom. The van der Waals surface area contributed by atoms with E-state index in [9.17, 15) is 4.79 Å². The highest BCUT2D eigenvalue weighted by atomic mass is 16.3. The van der Waals surface area contributed by atoms with Crippen LogP contribution in [0.25, 0.3) is 21.9 Å². The summed E-state index contributed by atoms with van der Waals surface area (Å²) >= 11 is 0. The third-order valence-corrected chi connectivity index (χ3v) is 2.93. The van der Waals surface area contributed by atoms with Crippen molar-refractivity contribution in [3.8, 4) is 12.1 Å². The molecule has 1 heterocycles. The van der Waals surface area contributed by atoms with Crippen LogP contribution in [0.4, 0.5) is 0 Å². The van der Waals surface area contributed by atoms with E-state index in [2.05, 4.69) is 0 Å². The Hall–Kier alpha value is -3.11. The SMILES string of the molecule is N#Cc1ccc2c(=O)c3ccc(C#N)cc3oc2c1. The van der Waals surface area contributed by atoms with E-state index in [0.29, 0.717) is 33.1 Å². The number of nitrogens with zero attached hydrogens (tertiary/aromatic N) is 2. The van der Waals surface area contributed by atoms with Gasteiger partial charge in [-0.2, -0.15) is 10.5 Å². The van der Waals surface area contributed by atoms with Crippen LogP contribution in [0.5, 0.6) is 0 Å². The Morgan fingerprint density at radius 1 is 0.842 bits per heavy atom. The fourth-order valence-corrected chi connectivity index (χ4v) is 1.99. The predicted octanol–water partition coefficient (Wildman–Crippen LogP) is 2.69. The molecule has 3 rings (SSSR count). The molecule has 0 saturated heterocycles. The van der Waals surface area contributed by atoms with Gasteiger partial charge in [0.15, 0.2) is 0 Å². The van der Waals surface area contributed by atoms with Gasteiger partial charge in [0.2, 0.25) is 5.43 Å². The standard InChI is InChI=1S/C15H6N2O2/c16-7-9-1-3-11-13(5-9)19-14-6-10(8-17)2-4-12(14)15(11)18/h1-6H. The highest BCUT2D eigenvalue weighted by Crippen LogP contribution is 2.20. The third-order valence-electron chi connectivity index (χ3n) is 2.93. The molecule has 0 amide bonds. The van der Waals surface area contributed by atoms with Crippen LogP contribution in [0.15, 0.2) is 45.6 Å². The average molecular weight is 246 g/mol. The summed E-state index contributed by atoms with van der Waals surface area (Å²) in [4.78, 5) is 12.3. The normalized spacial score (nSPS) is 10.2. The molecule has 0 aliphatic carbocycles. The molecule has 0 fully saturated rings. The highest BCUT2D eigenvalue weighted by Gasteiger charge is 2.08. The Bertz CT molecular complexity index is 881. The first-order valence-electron chi connectivity index (χ1n) is 5.54. The van der Waals surface area contributed by atoms with Gasteiger partial charge < -0.3 is 4.42 Å². The van der Waals surface area contributed by atoms with Crippen molar-refractivity contribution in [2.75, 3.05) is 0 Å². The van der Waals surface area contributed by atoms with E-state index in [1.54, 1.807) is 24.3 Å². The van der Waals surface area contributed by atoms with Crippen LogP contribution in [0.3, 0.4) is 0 Å². The molecule has 0 unspecified atom stereocenters. The number of hydrogen-bond donors (Lipinski definition) is 0. The van der Waals surface area contributed by atoms with Crippen molar-refractivity contribution in [2.24, 2.45) is 0 Å². The molecule has 0 saturated carbocycles. The third kappa shape index (κ3) is 1.64. The average Bonchev–Trinajstić information content (AvgIpc) is 2.46. The van der Waals surface area contributed by atoms with E-state index in [1.165, 1.54) is 12.1 Å². The molecule has 0 aliphatic heterocycles. The molecule has 1 aromatic heterocycles. The molecule has 88 valence electrons. The van der Waals surface area contributed by atoms with Crippen molar-refractivity contribution in [1.29, 1.82) is 10.5 Å². The topological polar surface area (TPSA) is 77.8 Å². The second-order valence-electron chi connectivity index (χ2n) is 4.08. The summed E-state index contributed by atoms with van der Waals surface area (Å²) in [5.41, 5.74) is 1.39. The first-order valence-corrected chi connectivity index (χ1v) is 5.54. The van der Waals surface area contributed by atoms with Crippen LogP contribution in [0.2, 0.25) is 0 Å². The van der Waals surface area contributed by atoms with E-state index in [1.807, 2.05) is 12.1 Å². The van der Waals surface area contributed by atoms with Crippen LogP contribution >= 0.6 is 0 Å². The lowest BCUT2D eigenvalue weighted by molar-refractivity contribution is 0.659. The number of benzene rings is 2. The van der Waals surface area contributed by atoms with Gasteiger partial charge in [0.05, 0.1) is 34.0 Å². The summed E-state index contributed by atoms with van der Waals surface area (Å²) in [7, 11) is 0. The van der Waals surface area contributed by atoms with Crippen LogP contribution in [0, 0.1) is 22.7 Å². The number of nitriles is 2. The Balaban J connectivity index is 2.50. The molecule has 0 spiro atoms. The second kappa shape index (κ2) is 3.97. The van der Waals surface area contributed by atoms with Crippen LogP contribution in [-0.4, -0.2) is 0 Å². The van der Waals surface area contributed by atoms with Crippen molar-refractivity contribution >= 4 is 21.9 Å². The maximum absolute atomic E-state index is 12.3. The van der Waals surface area contributed by atoms with Crippen molar-refractivity contribution < 1.29 is 4.42 Å². The smallest absolute Gasteiger partial charge is 0.200 e. The van der Waals surface area contributed by atoms with Gasteiger partial charge in [0.1, 0.15) is 11.2 Å². The molecule has 0 N–H and O–H groups in total. The highest BCUT2D eigenvalue weighted by molar-refractivity contribution is 5.90. The van der Waals surface area contributed by atoms with Gasteiger partial charge in [-0.25, -0.2) is 0 Å². The van der Waals surface area contributed by atoms with Crippen LogP contribution in [0.1, 0.15) is 11.1 Å². The first-order chi connectivity index (χ1) is 9.22. The van der Waals surface area contributed by atoms with Crippen molar-refractivity contribution in [2.45, 2.75) is 0 Å². The Kier molecular flexibility index (Phi) is 2.30. The number of rotatable bonds is 0. The lowest BCUT2D eigenvalue weighted by Crippen LogP contribution is -2.02. The van der Waals surface area contributed by atoms with E-state index in [-0.39, 0.29) is 5.43 Å². The minimum Gasteiger partial charge on any atom is -0.456 e. The quantitative estimate of drug-likeness (QED) is 0.571. The summed E-state index contributed by atoms with van der Waals surface area (Å²) in [5.74, 6) is 0. The summed E-state index contributed by atoms with van der Waals surface area (Å²) in [6, 6.07) is 13.4.